The van der Waals surface area contributed by atoms with Crippen molar-refractivity contribution in [2.45, 2.75) is 32.4 Å². The van der Waals surface area contributed by atoms with Crippen LogP contribution >= 0.6 is 0 Å². The average Bonchev–Trinajstić information content (AvgIpc) is 2.53. The highest BCUT2D eigenvalue weighted by atomic mass is 15.1. The molecule has 2 nitrogen and oxygen atoms in total. The zero-order chi connectivity index (χ0) is 8.39. The van der Waals surface area contributed by atoms with Crippen LogP contribution in [0.15, 0.2) is 18.3 Å². The molecule has 0 bridgehead atoms. The summed E-state index contributed by atoms with van der Waals surface area (Å²) in [6.07, 6.45) is 4.79. The number of hydrogen-bond acceptors (Lipinski definition) is 0. The lowest BCUT2D eigenvalue weighted by atomic mass is 10.1. The lowest BCUT2D eigenvalue weighted by Crippen LogP contribution is -2.87. The van der Waals surface area contributed by atoms with Crippen molar-refractivity contribution >= 4 is 0 Å². The largest absolute Gasteiger partial charge is 0.341 e. The van der Waals surface area contributed by atoms with Crippen LogP contribution in [0.25, 0.3) is 0 Å². The molecule has 0 saturated heterocycles. The zero-order valence-corrected chi connectivity index (χ0v) is 7.66. The van der Waals surface area contributed by atoms with Gasteiger partial charge in [-0.2, -0.15) is 0 Å². The number of rotatable bonds is 2. The SMILES string of the molecule is CCC[C@H]1[NH2+]CCn2cccc21. The van der Waals surface area contributed by atoms with Crippen LogP contribution in [0.5, 0.6) is 0 Å². The Kier molecular flexibility index (Phi) is 2.17. The summed E-state index contributed by atoms with van der Waals surface area (Å²) in [5, 5.41) is 2.47. The fourth-order valence-electron chi connectivity index (χ4n) is 2.08. The molecule has 0 unspecified atom stereocenters. The Morgan fingerprint density at radius 3 is 3.42 bits per heavy atom. The van der Waals surface area contributed by atoms with E-state index < -0.39 is 0 Å². The average molecular weight is 165 g/mol. The molecule has 12 heavy (non-hydrogen) atoms. The third-order valence-electron chi connectivity index (χ3n) is 2.67. The number of nitrogens with two attached hydrogens (primary N) is 1. The molecule has 0 aliphatic carbocycles. The van der Waals surface area contributed by atoms with E-state index in [0.717, 1.165) is 6.04 Å². The number of fused-ring (bicyclic) bond motifs is 1. The third-order valence-corrected chi connectivity index (χ3v) is 2.67. The van der Waals surface area contributed by atoms with Crippen molar-refractivity contribution in [1.82, 2.24) is 4.57 Å². The molecule has 2 heterocycles. The highest BCUT2D eigenvalue weighted by Crippen LogP contribution is 2.16. The summed E-state index contributed by atoms with van der Waals surface area (Å²) in [4.78, 5) is 0. The second-order valence-electron chi connectivity index (χ2n) is 3.55. The van der Waals surface area contributed by atoms with E-state index >= 15 is 0 Å². The molecule has 2 rings (SSSR count). The minimum absolute atomic E-state index is 0.721. The van der Waals surface area contributed by atoms with Crippen molar-refractivity contribution in [3.63, 3.8) is 0 Å². The van der Waals surface area contributed by atoms with Crippen molar-refractivity contribution in [2.24, 2.45) is 0 Å². The Balaban J connectivity index is 2.19. The molecule has 0 fully saturated rings. The van der Waals surface area contributed by atoms with Gasteiger partial charge in [0.15, 0.2) is 0 Å². The Bertz CT molecular complexity index is 252. The third kappa shape index (κ3) is 1.27. The van der Waals surface area contributed by atoms with Gasteiger partial charge in [0.2, 0.25) is 0 Å². The molecule has 0 saturated carbocycles. The molecule has 0 amide bonds. The first-order valence-electron chi connectivity index (χ1n) is 4.90. The topological polar surface area (TPSA) is 21.5 Å². The molecule has 66 valence electrons. The summed E-state index contributed by atoms with van der Waals surface area (Å²) in [5.41, 5.74) is 1.52. The predicted octanol–water partition coefficient (Wildman–Crippen LogP) is 0.906. The van der Waals surface area contributed by atoms with E-state index in [1.54, 1.807) is 0 Å². The zero-order valence-electron chi connectivity index (χ0n) is 7.66. The number of aromatic nitrogens is 1. The maximum Gasteiger partial charge on any atom is 0.127 e. The predicted molar refractivity (Wildman–Crippen MR) is 48.9 cm³/mol. The Hall–Kier alpha value is -0.760. The van der Waals surface area contributed by atoms with Crippen molar-refractivity contribution in [3.05, 3.63) is 24.0 Å². The van der Waals surface area contributed by atoms with Gasteiger partial charge in [0.05, 0.1) is 18.8 Å². The fraction of sp³-hybridized carbons (Fsp3) is 0.600. The molecule has 0 radical (unpaired) electrons. The van der Waals surface area contributed by atoms with E-state index in [1.165, 1.54) is 31.6 Å². The molecule has 1 aromatic rings. The van der Waals surface area contributed by atoms with Crippen LogP contribution in [0.3, 0.4) is 0 Å². The highest BCUT2D eigenvalue weighted by molar-refractivity contribution is 5.10. The molecule has 2 heteroatoms. The van der Waals surface area contributed by atoms with Gasteiger partial charge in [-0.05, 0) is 12.1 Å². The van der Waals surface area contributed by atoms with E-state index in [-0.39, 0.29) is 0 Å². The van der Waals surface area contributed by atoms with Crippen LogP contribution in [-0.4, -0.2) is 11.1 Å². The van der Waals surface area contributed by atoms with E-state index in [9.17, 15) is 0 Å². The highest BCUT2D eigenvalue weighted by Gasteiger charge is 2.20. The minimum Gasteiger partial charge on any atom is -0.341 e. The summed E-state index contributed by atoms with van der Waals surface area (Å²) in [7, 11) is 0. The first-order valence-corrected chi connectivity index (χ1v) is 4.90. The minimum atomic E-state index is 0.721. The van der Waals surface area contributed by atoms with Crippen molar-refractivity contribution in [3.8, 4) is 0 Å². The normalized spacial score (nSPS) is 22.2. The second kappa shape index (κ2) is 3.31. The Morgan fingerprint density at radius 2 is 2.58 bits per heavy atom. The second-order valence-corrected chi connectivity index (χ2v) is 3.55. The standard InChI is InChI=1S/C10H16N2/c1-2-4-9-10-5-3-7-12(10)8-6-11-9/h3,5,7,9,11H,2,4,6,8H2,1H3/p+1/t9-/m1/s1. The van der Waals surface area contributed by atoms with Crippen LogP contribution in [0.4, 0.5) is 0 Å². The van der Waals surface area contributed by atoms with Crippen LogP contribution in [0, 0.1) is 0 Å². The van der Waals surface area contributed by atoms with Gasteiger partial charge < -0.3 is 9.88 Å². The van der Waals surface area contributed by atoms with Gasteiger partial charge in [0.25, 0.3) is 0 Å². The van der Waals surface area contributed by atoms with Gasteiger partial charge in [-0.1, -0.05) is 13.3 Å². The summed E-state index contributed by atoms with van der Waals surface area (Å²) >= 11 is 0. The molecular weight excluding hydrogens is 148 g/mol. The van der Waals surface area contributed by atoms with E-state index in [1.807, 2.05) is 0 Å². The maximum atomic E-state index is 2.47. The van der Waals surface area contributed by atoms with Crippen molar-refractivity contribution in [2.75, 3.05) is 6.54 Å². The number of quaternary nitrogens is 1. The van der Waals surface area contributed by atoms with E-state index in [4.69, 9.17) is 0 Å². The van der Waals surface area contributed by atoms with Gasteiger partial charge in [0, 0.05) is 12.6 Å². The van der Waals surface area contributed by atoms with Crippen molar-refractivity contribution < 1.29 is 5.32 Å². The van der Waals surface area contributed by atoms with Crippen LogP contribution < -0.4 is 5.32 Å². The van der Waals surface area contributed by atoms with Crippen LogP contribution in [0.1, 0.15) is 31.5 Å². The Labute approximate surface area is 73.6 Å². The molecule has 1 aliphatic rings. The molecule has 0 spiro atoms. The fourth-order valence-corrected chi connectivity index (χ4v) is 2.08. The summed E-state index contributed by atoms with van der Waals surface area (Å²) in [6.45, 7) is 4.69. The van der Waals surface area contributed by atoms with Gasteiger partial charge in [-0.15, -0.1) is 0 Å². The number of nitrogens with zero attached hydrogens (tertiary/aromatic N) is 1. The Morgan fingerprint density at radius 1 is 1.67 bits per heavy atom. The molecule has 1 aliphatic heterocycles. The molecule has 1 atom stereocenters. The molecular formula is C10H17N2+. The summed E-state index contributed by atoms with van der Waals surface area (Å²) in [5.74, 6) is 0. The molecule has 0 aromatic carbocycles. The van der Waals surface area contributed by atoms with Gasteiger partial charge in [-0.25, -0.2) is 0 Å². The van der Waals surface area contributed by atoms with Crippen LogP contribution in [-0.2, 0) is 6.54 Å². The monoisotopic (exact) mass is 165 g/mol. The van der Waals surface area contributed by atoms with E-state index in [0.29, 0.717) is 0 Å². The first kappa shape index (κ1) is 7.87. The molecule has 2 N–H and O–H groups in total. The van der Waals surface area contributed by atoms with Crippen LogP contribution in [0.2, 0.25) is 0 Å². The number of hydrogen-bond donors (Lipinski definition) is 1. The first-order chi connectivity index (χ1) is 5.92. The van der Waals surface area contributed by atoms with Crippen molar-refractivity contribution in [1.29, 1.82) is 0 Å². The lowest BCUT2D eigenvalue weighted by molar-refractivity contribution is -0.703. The van der Waals surface area contributed by atoms with Gasteiger partial charge >= 0.3 is 0 Å². The summed E-state index contributed by atoms with van der Waals surface area (Å²) < 4.78 is 2.39. The van der Waals surface area contributed by atoms with Gasteiger partial charge in [0.1, 0.15) is 6.04 Å². The van der Waals surface area contributed by atoms with E-state index in [2.05, 4.69) is 35.1 Å². The smallest absolute Gasteiger partial charge is 0.127 e. The quantitative estimate of drug-likeness (QED) is 0.672. The van der Waals surface area contributed by atoms with Gasteiger partial charge in [-0.3, -0.25) is 0 Å². The lowest BCUT2D eigenvalue weighted by Gasteiger charge is -2.22. The maximum absolute atomic E-state index is 2.47. The summed E-state index contributed by atoms with van der Waals surface area (Å²) in [6, 6.07) is 5.14. The molecule has 1 aromatic heterocycles.